The van der Waals surface area contributed by atoms with Gasteiger partial charge in [0.2, 0.25) is 5.91 Å². The zero-order valence-electron chi connectivity index (χ0n) is 12.7. The Balaban J connectivity index is 2.26. The quantitative estimate of drug-likeness (QED) is 0.859. The molecule has 6 heteroatoms. The number of pyridine rings is 1. The highest BCUT2D eigenvalue weighted by atomic mass is 32.2. The van der Waals surface area contributed by atoms with Gasteiger partial charge < -0.3 is 10.1 Å². The SMILES string of the molecule is COc1ccc2nc(SCC(=O)NC(C)C)c(C#N)cc2c1. The maximum Gasteiger partial charge on any atom is 0.230 e. The molecule has 22 heavy (non-hydrogen) atoms. The molecule has 0 aliphatic carbocycles. The van der Waals surface area contributed by atoms with Crippen LogP contribution in [0.1, 0.15) is 19.4 Å². The van der Waals surface area contributed by atoms with E-state index in [1.54, 1.807) is 13.2 Å². The predicted molar refractivity (Wildman–Crippen MR) is 87.0 cm³/mol. The Labute approximate surface area is 133 Å². The van der Waals surface area contributed by atoms with Crippen molar-refractivity contribution in [3.05, 3.63) is 29.8 Å². The smallest absolute Gasteiger partial charge is 0.230 e. The highest BCUT2D eigenvalue weighted by molar-refractivity contribution is 8.00. The lowest BCUT2D eigenvalue weighted by Crippen LogP contribution is -2.31. The summed E-state index contributed by atoms with van der Waals surface area (Å²) in [5.41, 5.74) is 1.23. The molecule has 1 N–H and O–H groups in total. The van der Waals surface area contributed by atoms with Gasteiger partial charge in [-0.15, -0.1) is 0 Å². The first-order chi connectivity index (χ1) is 10.5. The Kier molecular flexibility index (Phi) is 5.23. The van der Waals surface area contributed by atoms with Crippen molar-refractivity contribution in [3.63, 3.8) is 0 Å². The number of nitrogens with one attached hydrogen (secondary N) is 1. The number of methoxy groups -OCH3 is 1. The number of benzene rings is 1. The first kappa shape index (κ1) is 16.1. The first-order valence-corrected chi connectivity index (χ1v) is 7.83. The molecule has 1 amide bonds. The van der Waals surface area contributed by atoms with Gasteiger partial charge >= 0.3 is 0 Å². The number of nitrogens with zero attached hydrogens (tertiary/aromatic N) is 2. The fourth-order valence-corrected chi connectivity index (χ4v) is 2.73. The molecule has 0 saturated heterocycles. The van der Waals surface area contributed by atoms with Gasteiger partial charge in [-0.1, -0.05) is 11.8 Å². The topological polar surface area (TPSA) is 75.0 Å². The van der Waals surface area contributed by atoms with Crippen LogP contribution in [0.25, 0.3) is 10.9 Å². The number of nitriles is 1. The lowest BCUT2D eigenvalue weighted by Gasteiger charge is -2.09. The lowest BCUT2D eigenvalue weighted by molar-refractivity contribution is -0.119. The van der Waals surface area contributed by atoms with Crippen LogP contribution in [0.2, 0.25) is 0 Å². The van der Waals surface area contributed by atoms with E-state index in [1.807, 2.05) is 32.0 Å². The third kappa shape index (κ3) is 3.89. The number of rotatable bonds is 5. The van der Waals surface area contributed by atoms with Crippen LogP contribution in [-0.2, 0) is 4.79 Å². The van der Waals surface area contributed by atoms with Gasteiger partial charge in [-0.2, -0.15) is 5.26 Å². The molecule has 0 atom stereocenters. The second-order valence-electron chi connectivity index (χ2n) is 5.02. The Morgan fingerprint density at radius 2 is 2.23 bits per heavy atom. The number of hydrogen-bond donors (Lipinski definition) is 1. The minimum Gasteiger partial charge on any atom is -0.497 e. The van der Waals surface area contributed by atoms with Gasteiger partial charge in [0, 0.05) is 11.4 Å². The summed E-state index contributed by atoms with van der Waals surface area (Å²) in [5.74, 6) is 0.886. The number of carbonyl (C=O) groups excluding carboxylic acids is 1. The highest BCUT2D eigenvalue weighted by Gasteiger charge is 2.11. The fraction of sp³-hybridized carbons (Fsp3) is 0.312. The zero-order valence-corrected chi connectivity index (χ0v) is 13.5. The van der Waals surface area contributed by atoms with E-state index in [9.17, 15) is 10.1 Å². The third-order valence-electron chi connectivity index (χ3n) is 2.90. The molecule has 1 aromatic carbocycles. The molecule has 5 nitrogen and oxygen atoms in total. The van der Waals surface area contributed by atoms with Crippen molar-refractivity contribution in [2.45, 2.75) is 24.9 Å². The maximum atomic E-state index is 11.7. The van der Waals surface area contributed by atoms with Crippen LogP contribution in [0, 0.1) is 11.3 Å². The number of hydrogen-bond acceptors (Lipinski definition) is 5. The number of fused-ring (bicyclic) bond motifs is 1. The molecule has 0 aliphatic heterocycles. The summed E-state index contributed by atoms with van der Waals surface area (Å²) >= 11 is 1.27. The minimum absolute atomic E-state index is 0.0690. The van der Waals surface area contributed by atoms with E-state index in [0.29, 0.717) is 10.6 Å². The lowest BCUT2D eigenvalue weighted by atomic mass is 10.1. The molecule has 0 fully saturated rings. The monoisotopic (exact) mass is 315 g/mol. The van der Waals surface area contributed by atoms with Gasteiger partial charge in [-0.25, -0.2) is 4.98 Å². The molecule has 0 spiro atoms. The van der Waals surface area contributed by atoms with Gasteiger partial charge in [0.25, 0.3) is 0 Å². The average molecular weight is 315 g/mol. The van der Waals surface area contributed by atoms with E-state index in [-0.39, 0.29) is 17.7 Å². The van der Waals surface area contributed by atoms with Crippen molar-refractivity contribution < 1.29 is 9.53 Å². The second-order valence-corrected chi connectivity index (χ2v) is 5.99. The third-order valence-corrected chi connectivity index (χ3v) is 3.89. The molecule has 114 valence electrons. The Bertz CT molecular complexity index is 738. The molecule has 1 heterocycles. The number of ether oxygens (including phenoxy) is 1. The number of carbonyl (C=O) groups is 1. The van der Waals surface area contributed by atoms with Crippen LogP contribution in [-0.4, -0.2) is 29.8 Å². The van der Waals surface area contributed by atoms with Crippen molar-refractivity contribution in [2.24, 2.45) is 0 Å². The summed E-state index contributed by atoms with van der Waals surface area (Å²) in [5, 5.41) is 13.5. The van der Waals surface area contributed by atoms with E-state index in [1.165, 1.54) is 11.8 Å². The summed E-state index contributed by atoms with van der Waals surface area (Å²) in [4.78, 5) is 16.2. The largest absolute Gasteiger partial charge is 0.497 e. The van der Waals surface area contributed by atoms with Gasteiger partial charge in [0.1, 0.15) is 16.8 Å². The van der Waals surface area contributed by atoms with Crippen molar-refractivity contribution in [3.8, 4) is 11.8 Å². The minimum atomic E-state index is -0.0690. The summed E-state index contributed by atoms with van der Waals surface area (Å²) in [6.45, 7) is 3.82. The van der Waals surface area contributed by atoms with Crippen molar-refractivity contribution in [1.82, 2.24) is 10.3 Å². The van der Waals surface area contributed by atoms with Crippen molar-refractivity contribution in [1.29, 1.82) is 5.26 Å². The fourth-order valence-electron chi connectivity index (χ4n) is 1.95. The van der Waals surface area contributed by atoms with Crippen LogP contribution in [0.4, 0.5) is 0 Å². The van der Waals surface area contributed by atoms with Crippen molar-refractivity contribution in [2.75, 3.05) is 12.9 Å². The van der Waals surface area contributed by atoms with Gasteiger partial charge in [0.05, 0.1) is 23.9 Å². The molecule has 0 unspecified atom stereocenters. The van der Waals surface area contributed by atoms with E-state index in [2.05, 4.69) is 16.4 Å². The first-order valence-electron chi connectivity index (χ1n) is 6.84. The van der Waals surface area contributed by atoms with Crippen molar-refractivity contribution >= 4 is 28.6 Å². The highest BCUT2D eigenvalue weighted by Crippen LogP contribution is 2.26. The molecule has 2 rings (SSSR count). The van der Waals surface area contributed by atoms with Crippen LogP contribution < -0.4 is 10.1 Å². The number of thioether (sulfide) groups is 1. The number of amides is 1. The standard InChI is InChI=1S/C16H17N3O2S/c1-10(2)18-15(20)9-22-16-12(8-17)6-11-7-13(21-3)4-5-14(11)19-16/h4-7,10H,9H2,1-3H3,(H,18,20). The Morgan fingerprint density at radius 3 is 2.86 bits per heavy atom. The van der Waals surface area contributed by atoms with Gasteiger partial charge in [0.15, 0.2) is 0 Å². The maximum absolute atomic E-state index is 11.7. The number of aromatic nitrogens is 1. The van der Waals surface area contributed by atoms with Gasteiger partial charge in [-0.3, -0.25) is 4.79 Å². The molecule has 0 bridgehead atoms. The second kappa shape index (κ2) is 7.14. The summed E-state index contributed by atoms with van der Waals surface area (Å²) in [7, 11) is 1.59. The van der Waals surface area contributed by atoms with E-state index in [4.69, 9.17) is 4.74 Å². The molecule has 0 radical (unpaired) electrons. The summed E-state index contributed by atoms with van der Waals surface area (Å²) in [6, 6.07) is 9.50. The molecule has 2 aromatic rings. The molecule has 0 aliphatic rings. The van der Waals surface area contributed by atoms with Crippen LogP contribution in [0.3, 0.4) is 0 Å². The Morgan fingerprint density at radius 1 is 1.45 bits per heavy atom. The predicted octanol–water partition coefficient (Wildman–Crippen LogP) is 2.73. The zero-order chi connectivity index (χ0) is 16.1. The molecule has 0 saturated carbocycles. The molecule has 1 aromatic heterocycles. The van der Waals surface area contributed by atoms with E-state index < -0.39 is 0 Å². The van der Waals surface area contributed by atoms with E-state index in [0.717, 1.165) is 16.7 Å². The summed E-state index contributed by atoms with van der Waals surface area (Å²) in [6.07, 6.45) is 0. The van der Waals surface area contributed by atoms with E-state index >= 15 is 0 Å². The molecular formula is C16H17N3O2S. The van der Waals surface area contributed by atoms with Gasteiger partial charge in [-0.05, 0) is 38.1 Å². The van der Waals surface area contributed by atoms with Crippen LogP contribution >= 0.6 is 11.8 Å². The van der Waals surface area contributed by atoms with Crippen LogP contribution in [0.5, 0.6) is 5.75 Å². The average Bonchev–Trinajstić information content (AvgIpc) is 2.50. The molecular weight excluding hydrogens is 298 g/mol. The normalized spacial score (nSPS) is 10.5. The Hall–Kier alpha value is -2.26. The van der Waals surface area contributed by atoms with Crippen LogP contribution in [0.15, 0.2) is 29.3 Å². The summed E-state index contributed by atoms with van der Waals surface area (Å²) < 4.78 is 5.17.